The first-order chi connectivity index (χ1) is 9.79. The van der Waals surface area contributed by atoms with Crippen LogP contribution in [0.2, 0.25) is 0 Å². The van der Waals surface area contributed by atoms with Crippen LogP contribution in [0.15, 0.2) is 34.7 Å². The fourth-order valence-corrected chi connectivity index (χ4v) is 3.79. The Morgan fingerprint density at radius 1 is 1.33 bits per heavy atom. The third-order valence-electron chi connectivity index (χ3n) is 4.38. The minimum absolute atomic E-state index is 0.191. The lowest BCUT2D eigenvalue weighted by atomic mass is 9.80. The van der Waals surface area contributed by atoms with Crippen LogP contribution in [0.5, 0.6) is 0 Å². The number of aryl methyl sites for hydroxylation is 1. The van der Waals surface area contributed by atoms with Gasteiger partial charge >= 0.3 is 0 Å². The van der Waals surface area contributed by atoms with Crippen LogP contribution < -0.4 is 10.5 Å². The molecule has 116 valence electrons. The van der Waals surface area contributed by atoms with E-state index in [-0.39, 0.29) is 4.90 Å². The molecular formula is C16H24N2O2S. The molecule has 1 aromatic carbocycles. The molecule has 0 fully saturated rings. The van der Waals surface area contributed by atoms with Gasteiger partial charge in [-0.15, -0.1) is 0 Å². The van der Waals surface area contributed by atoms with E-state index in [1.807, 2.05) is 6.07 Å². The van der Waals surface area contributed by atoms with E-state index < -0.39 is 10.0 Å². The molecule has 1 aliphatic carbocycles. The number of hydrogen-bond donors (Lipinski definition) is 2. The first-order valence-electron chi connectivity index (χ1n) is 7.33. The fourth-order valence-electron chi connectivity index (χ4n) is 2.98. The van der Waals surface area contributed by atoms with Crippen molar-refractivity contribution >= 4 is 15.7 Å². The lowest BCUT2D eigenvalue weighted by molar-refractivity contribution is 0.381. The van der Waals surface area contributed by atoms with Crippen molar-refractivity contribution in [3.8, 4) is 0 Å². The first kappa shape index (κ1) is 16.0. The van der Waals surface area contributed by atoms with E-state index in [4.69, 9.17) is 5.14 Å². The summed E-state index contributed by atoms with van der Waals surface area (Å²) >= 11 is 0. The molecule has 3 N–H and O–H groups in total. The highest BCUT2D eigenvalue weighted by molar-refractivity contribution is 7.89. The monoisotopic (exact) mass is 308 g/mol. The third kappa shape index (κ3) is 3.86. The summed E-state index contributed by atoms with van der Waals surface area (Å²) in [6.07, 6.45) is 4.67. The van der Waals surface area contributed by atoms with Gasteiger partial charge in [-0.1, -0.05) is 24.6 Å². The van der Waals surface area contributed by atoms with Gasteiger partial charge in [-0.3, -0.25) is 0 Å². The molecule has 21 heavy (non-hydrogen) atoms. The smallest absolute Gasteiger partial charge is 0.238 e. The second-order valence-electron chi connectivity index (χ2n) is 6.02. The number of hydrogen-bond acceptors (Lipinski definition) is 3. The Morgan fingerprint density at radius 2 is 2.05 bits per heavy atom. The average molecular weight is 308 g/mol. The summed E-state index contributed by atoms with van der Waals surface area (Å²) in [5, 5.41) is 8.60. The van der Waals surface area contributed by atoms with E-state index >= 15 is 0 Å². The second-order valence-corrected chi connectivity index (χ2v) is 7.55. The quantitative estimate of drug-likeness (QED) is 0.840. The number of primary sulfonamides is 1. The average Bonchev–Trinajstić information content (AvgIpc) is 2.38. The molecule has 2 rings (SSSR count). The van der Waals surface area contributed by atoms with E-state index in [1.54, 1.807) is 19.1 Å². The van der Waals surface area contributed by atoms with Crippen molar-refractivity contribution in [1.29, 1.82) is 0 Å². The van der Waals surface area contributed by atoms with Gasteiger partial charge in [-0.05, 0) is 56.2 Å². The van der Waals surface area contributed by atoms with Crippen LogP contribution in [0, 0.1) is 18.8 Å². The van der Waals surface area contributed by atoms with Gasteiger partial charge in [0.1, 0.15) is 0 Å². The highest BCUT2D eigenvalue weighted by Gasteiger charge is 2.22. The summed E-state index contributed by atoms with van der Waals surface area (Å²) in [6.45, 7) is 7.01. The minimum atomic E-state index is -3.67. The predicted molar refractivity (Wildman–Crippen MR) is 86.7 cm³/mol. The number of anilines is 1. The maximum Gasteiger partial charge on any atom is 0.238 e. The second kappa shape index (κ2) is 6.20. The Hall–Kier alpha value is -1.33. The van der Waals surface area contributed by atoms with Crippen LogP contribution >= 0.6 is 0 Å². The van der Waals surface area contributed by atoms with Gasteiger partial charge in [0, 0.05) is 12.2 Å². The summed E-state index contributed by atoms with van der Waals surface area (Å²) in [5.41, 5.74) is 2.89. The maximum atomic E-state index is 11.6. The molecule has 1 aliphatic rings. The summed E-state index contributed by atoms with van der Waals surface area (Å²) < 4.78 is 23.1. The van der Waals surface area contributed by atoms with Crippen molar-refractivity contribution in [2.75, 3.05) is 11.9 Å². The van der Waals surface area contributed by atoms with Gasteiger partial charge in [0.05, 0.1) is 4.90 Å². The van der Waals surface area contributed by atoms with E-state index in [0.717, 1.165) is 18.7 Å². The molecule has 0 amide bonds. The summed E-state index contributed by atoms with van der Waals surface area (Å²) in [6, 6.07) is 5.31. The molecular weight excluding hydrogens is 284 g/mol. The molecule has 0 bridgehead atoms. The lowest BCUT2D eigenvalue weighted by Gasteiger charge is -2.29. The van der Waals surface area contributed by atoms with Gasteiger partial charge in [-0.2, -0.15) is 0 Å². The standard InChI is InChI=1S/C16H24N2O2S/c1-11-5-4-6-12(2)15(11)10-18-14-8-7-13(3)16(9-14)21(17,19)20/h5,7-9,12,15,18H,4,6,10H2,1-3H3,(H2,17,19,20). The summed E-state index contributed by atoms with van der Waals surface area (Å²) in [5.74, 6) is 1.14. The van der Waals surface area contributed by atoms with E-state index in [1.165, 1.54) is 12.0 Å². The van der Waals surface area contributed by atoms with Crippen molar-refractivity contribution in [2.45, 2.75) is 38.5 Å². The fraction of sp³-hybridized carbons (Fsp3) is 0.500. The van der Waals surface area contributed by atoms with Crippen molar-refractivity contribution in [2.24, 2.45) is 17.0 Å². The van der Waals surface area contributed by atoms with Gasteiger partial charge in [0.15, 0.2) is 0 Å². The maximum absolute atomic E-state index is 11.6. The topological polar surface area (TPSA) is 72.2 Å². The number of rotatable bonds is 4. The molecule has 0 saturated carbocycles. The number of allylic oxidation sites excluding steroid dienone is 1. The molecule has 4 nitrogen and oxygen atoms in total. The Balaban J connectivity index is 2.14. The van der Waals surface area contributed by atoms with Crippen LogP contribution in [0.4, 0.5) is 5.69 Å². The zero-order chi connectivity index (χ0) is 15.6. The van der Waals surface area contributed by atoms with Gasteiger partial charge in [-0.25, -0.2) is 13.6 Å². The van der Waals surface area contributed by atoms with E-state index in [9.17, 15) is 8.42 Å². The molecule has 5 heteroatoms. The van der Waals surface area contributed by atoms with Crippen molar-refractivity contribution < 1.29 is 8.42 Å². The van der Waals surface area contributed by atoms with Crippen LogP contribution in [0.3, 0.4) is 0 Å². The highest BCUT2D eigenvalue weighted by atomic mass is 32.2. The van der Waals surface area contributed by atoms with Gasteiger partial charge < -0.3 is 5.32 Å². The Labute approximate surface area is 127 Å². The van der Waals surface area contributed by atoms with Crippen LogP contribution in [0.1, 0.15) is 32.3 Å². The van der Waals surface area contributed by atoms with Crippen LogP contribution in [0.25, 0.3) is 0 Å². The Bertz CT molecular complexity index is 650. The van der Waals surface area contributed by atoms with Crippen LogP contribution in [-0.2, 0) is 10.0 Å². The lowest BCUT2D eigenvalue weighted by Crippen LogP contribution is -2.25. The molecule has 0 radical (unpaired) electrons. The highest BCUT2D eigenvalue weighted by Crippen LogP contribution is 2.30. The largest absolute Gasteiger partial charge is 0.384 e. The molecule has 0 heterocycles. The zero-order valence-corrected chi connectivity index (χ0v) is 13.7. The predicted octanol–water partition coefficient (Wildman–Crippen LogP) is 3.05. The van der Waals surface area contributed by atoms with Crippen LogP contribution in [-0.4, -0.2) is 15.0 Å². The normalized spacial score (nSPS) is 22.8. The Morgan fingerprint density at radius 3 is 2.67 bits per heavy atom. The first-order valence-corrected chi connectivity index (χ1v) is 8.87. The number of nitrogens with one attached hydrogen (secondary N) is 1. The summed E-state index contributed by atoms with van der Waals surface area (Å²) in [7, 11) is -3.67. The molecule has 1 aromatic rings. The van der Waals surface area contributed by atoms with Crippen molar-refractivity contribution in [3.05, 3.63) is 35.4 Å². The Kier molecular flexibility index (Phi) is 4.74. The molecule has 0 aliphatic heterocycles. The number of nitrogens with two attached hydrogens (primary N) is 1. The van der Waals surface area contributed by atoms with Gasteiger partial charge in [0.2, 0.25) is 10.0 Å². The molecule has 0 saturated heterocycles. The van der Waals surface area contributed by atoms with Crippen molar-refractivity contribution in [3.63, 3.8) is 0 Å². The van der Waals surface area contributed by atoms with E-state index in [0.29, 0.717) is 17.4 Å². The zero-order valence-electron chi connectivity index (χ0n) is 12.9. The molecule has 2 unspecified atom stereocenters. The minimum Gasteiger partial charge on any atom is -0.384 e. The number of benzene rings is 1. The molecule has 0 spiro atoms. The molecule has 0 aromatic heterocycles. The van der Waals surface area contributed by atoms with Crippen molar-refractivity contribution in [1.82, 2.24) is 0 Å². The molecule has 2 atom stereocenters. The third-order valence-corrected chi connectivity index (χ3v) is 5.43. The SMILES string of the molecule is CC1=CCCC(C)C1CNc1ccc(C)c(S(N)(=O)=O)c1. The van der Waals surface area contributed by atoms with E-state index in [2.05, 4.69) is 25.2 Å². The van der Waals surface area contributed by atoms with Gasteiger partial charge in [0.25, 0.3) is 0 Å². The summed E-state index contributed by atoms with van der Waals surface area (Å²) in [4.78, 5) is 0.191. The number of sulfonamides is 1.